The average molecular weight is 805 g/mol. The second kappa shape index (κ2) is 17.1. The first kappa shape index (κ1) is 41.0. The molecule has 0 saturated heterocycles. The Labute approximate surface area is 335 Å². The molecule has 0 radical (unpaired) electrons. The van der Waals surface area contributed by atoms with E-state index in [-0.39, 0.29) is 55.3 Å². The van der Waals surface area contributed by atoms with Gasteiger partial charge in [-0.2, -0.15) is 5.01 Å². The second-order valence-corrected chi connectivity index (χ2v) is 15.3. The number of rotatable bonds is 12. The van der Waals surface area contributed by atoms with Crippen molar-refractivity contribution in [1.82, 2.24) is 5.32 Å². The maximum atomic E-state index is 13.7. The highest BCUT2D eigenvalue weighted by Crippen LogP contribution is 2.39. The number of ether oxygens (including phenoxy) is 2. The van der Waals surface area contributed by atoms with E-state index in [9.17, 15) is 14.4 Å². The van der Waals surface area contributed by atoms with Gasteiger partial charge >= 0.3 is 11.6 Å². The number of nitrogens with one attached hydrogen (secondary N) is 2. The van der Waals surface area contributed by atoms with E-state index in [2.05, 4.69) is 79.3 Å². The summed E-state index contributed by atoms with van der Waals surface area (Å²) >= 11 is 18.9. The summed E-state index contributed by atoms with van der Waals surface area (Å²) in [6.07, 6.45) is 1.86. The number of hydrazone groups is 1. The van der Waals surface area contributed by atoms with Gasteiger partial charge in [0.15, 0.2) is 6.61 Å². The Morgan fingerprint density at radius 2 is 1.55 bits per heavy atom. The number of benzene rings is 4. The molecule has 1 aliphatic rings. The fraction of sp³-hybridized carbons (Fsp3) is 0.293. The smallest absolute Gasteiger partial charge is 0.475 e. The Morgan fingerprint density at radius 1 is 0.873 bits per heavy atom. The van der Waals surface area contributed by atoms with Crippen LogP contribution in [-0.2, 0) is 20.4 Å². The van der Waals surface area contributed by atoms with Gasteiger partial charge in [0.2, 0.25) is 0 Å². The van der Waals surface area contributed by atoms with Crippen LogP contribution in [-0.4, -0.2) is 47.8 Å². The molecule has 0 bridgehead atoms. The van der Waals surface area contributed by atoms with Crippen molar-refractivity contribution in [2.24, 2.45) is 10.2 Å². The first-order chi connectivity index (χ1) is 26.1. The molecule has 14 heteroatoms. The topological polar surface area (TPSA) is 136 Å². The quantitative estimate of drug-likeness (QED) is 0.109. The molecule has 0 saturated carbocycles. The molecule has 5 rings (SSSR count). The number of nitrogens with zero attached hydrogens (tertiary/aromatic N) is 4. The van der Waals surface area contributed by atoms with Crippen LogP contribution >= 0.6 is 34.8 Å². The van der Waals surface area contributed by atoms with Crippen LogP contribution in [0.5, 0.6) is 11.5 Å². The summed E-state index contributed by atoms with van der Waals surface area (Å²) < 4.78 is 11.3. The highest BCUT2D eigenvalue weighted by atomic mass is 35.5. The van der Waals surface area contributed by atoms with Crippen molar-refractivity contribution in [3.63, 3.8) is 0 Å². The van der Waals surface area contributed by atoms with Gasteiger partial charge in [-0.25, -0.2) is 0 Å². The third kappa shape index (κ3) is 9.55. The number of carbonyl (C=O) groups excluding carboxylic acids is 3. The maximum absolute atomic E-state index is 13.7. The van der Waals surface area contributed by atoms with E-state index in [1.54, 1.807) is 42.5 Å². The zero-order valence-corrected chi connectivity index (χ0v) is 33.9. The number of anilines is 2. The van der Waals surface area contributed by atoms with Crippen LogP contribution in [0.25, 0.3) is 0 Å². The van der Waals surface area contributed by atoms with Crippen LogP contribution in [0.15, 0.2) is 89.1 Å². The van der Waals surface area contributed by atoms with Crippen LogP contribution in [0.3, 0.4) is 0 Å². The molecule has 0 aromatic heterocycles. The van der Waals surface area contributed by atoms with Gasteiger partial charge in [0.05, 0.1) is 21.9 Å². The van der Waals surface area contributed by atoms with Crippen LogP contribution in [0.4, 0.5) is 17.1 Å². The molecule has 4 aromatic rings. The highest BCUT2D eigenvalue weighted by Gasteiger charge is 2.45. The number of amides is 3. The third-order valence-electron chi connectivity index (χ3n) is 9.61. The van der Waals surface area contributed by atoms with Gasteiger partial charge in [-0.15, -0.1) is 5.10 Å². The summed E-state index contributed by atoms with van der Waals surface area (Å²) in [5.41, 5.74) is 2.72. The molecule has 1 heterocycles. The lowest BCUT2D eigenvalue weighted by molar-refractivity contribution is -0.120. The van der Waals surface area contributed by atoms with Gasteiger partial charge in [-0.1, -0.05) is 94.5 Å². The van der Waals surface area contributed by atoms with Gasteiger partial charge in [-0.05, 0) is 89.9 Å². The molecule has 0 unspecified atom stereocenters. The monoisotopic (exact) mass is 803 g/mol. The van der Waals surface area contributed by atoms with Crippen LogP contribution < -0.4 is 25.1 Å². The molecule has 11 nitrogen and oxygen atoms in total. The Morgan fingerprint density at radius 3 is 2.18 bits per heavy atom. The fourth-order valence-electron chi connectivity index (χ4n) is 5.47. The maximum Gasteiger partial charge on any atom is 0.475 e. The minimum Gasteiger partial charge on any atom is -0.497 e. The summed E-state index contributed by atoms with van der Waals surface area (Å²) in [4.78, 5) is 44.6. The summed E-state index contributed by atoms with van der Waals surface area (Å²) in [7, 11) is 1.53. The Bertz CT molecular complexity index is 2210. The van der Waals surface area contributed by atoms with E-state index in [0.717, 1.165) is 23.4 Å². The third-order valence-corrected chi connectivity index (χ3v) is 10.4. The molecular formula is C41H42Cl3N6O5+. The van der Waals surface area contributed by atoms with Crippen LogP contribution in [0.2, 0.25) is 15.1 Å². The second-order valence-electron chi connectivity index (χ2n) is 14.1. The van der Waals surface area contributed by atoms with Crippen molar-refractivity contribution < 1.29 is 28.6 Å². The van der Waals surface area contributed by atoms with Crippen molar-refractivity contribution in [3.05, 3.63) is 111 Å². The van der Waals surface area contributed by atoms with Gasteiger partial charge in [0, 0.05) is 21.8 Å². The van der Waals surface area contributed by atoms with Crippen molar-refractivity contribution >= 4 is 81.1 Å². The lowest BCUT2D eigenvalue weighted by Gasteiger charge is -2.30. The van der Waals surface area contributed by atoms with E-state index >= 15 is 0 Å². The normalized spacial score (nSPS) is 12.9. The summed E-state index contributed by atoms with van der Waals surface area (Å²) in [6, 6.07) is 21.9. The minimum atomic E-state index is -0.756. The Hall–Kier alpha value is -5.19. The van der Waals surface area contributed by atoms with E-state index < -0.39 is 17.7 Å². The predicted octanol–water partition coefficient (Wildman–Crippen LogP) is 9.57. The van der Waals surface area contributed by atoms with E-state index in [0.29, 0.717) is 22.9 Å². The molecule has 4 aromatic carbocycles. The Kier molecular flexibility index (Phi) is 12.7. The number of halogens is 3. The molecule has 1 aliphatic heterocycles. The van der Waals surface area contributed by atoms with Crippen molar-refractivity contribution in [2.75, 3.05) is 24.0 Å². The summed E-state index contributed by atoms with van der Waals surface area (Å²) in [5.74, 6) is -0.779. The molecule has 55 heavy (non-hydrogen) atoms. The van der Waals surface area contributed by atoms with Crippen molar-refractivity contribution in [2.45, 2.75) is 65.2 Å². The average Bonchev–Trinajstić information content (AvgIpc) is 3.45. The first-order valence-corrected chi connectivity index (χ1v) is 18.7. The highest BCUT2D eigenvalue weighted by molar-refractivity contribution is 6.70. The van der Waals surface area contributed by atoms with Crippen LogP contribution in [0, 0.1) is 0 Å². The molecule has 2 N–H and O–H groups in total. The van der Waals surface area contributed by atoms with Crippen molar-refractivity contribution in [1.29, 1.82) is 0 Å². The van der Waals surface area contributed by atoms with Crippen LogP contribution in [0.1, 0.15) is 75.9 Å². The molecule has 0 spiro atoms. The number of methoxy groups -OCH3 is 1. The molecule has 0 aliphatic carbocycles. The molecule has 286 valence electrons. The minimum absolute atomic E-state index is 0.00977. The summed E-state index contributed by atoms with van der Waals surface area (Å²) in [5, 5.41) is 15.2. The summed E-state index contributed by atoms with van der Waals surface area (Å²) in [6.45, 7) is 12.8. The lowest BCUT2D eigenvalue weighted by Crippen LogP contribution is -2.38. The van der Waals surface area contributed by atoms with Gasteiger partial charge in [-0.3, -0.25) is 19.7 Å². The zero-order chi connectivity index (χ0) is 40.1. The van der Waals surface area contributed by atoms with E-state index in [4.69, 9.17) is 44.3 Å². The van der Waals surface area contributed by atoms with Gasteiger partial charge in [0.25, 0.3) is 17.6 Å². The molecular weight excluding hydrogens is 763 g/mol. The zero-order valence-electron chi connectivity index (χ0n) is 31.6. The molecule has 0 fully saturated rings. The SMILES string of the molecule is CCC(C)(C)c1ccc(OCC(=O)Nc2cccc(C(=O)NC3=NN(c4c(Cl)cc(Cl)cc4Cl)C(=O)C3=[N+]=Nc3ccc(OC)cc3)c2)c(C(C)(C)CC)c1. The Balaban J connectivity index is 1.36. The first-order valence-electron chi connectivity index (χ1n) is 17.6. The molecule has 0 atom stereocenters. The standard InChI is InChI=1S/C41H41Cl3N6O5/c1-8-40(3,4)25-13-18-33(30(20-25)41(5,6)9-2)55-23-34(51)45-28-12-10-11-24(19-28)38(52)46-37-35(48-47-27-14-16-29(54-7)17-15-27)39(53)50(49-37)36-31(43)21-26(42)22-32(36)44/h10-22H,8-9,23H2,1-7H3,(H-,45,46,47,49,51,52,53)/p+1. The lowest BCUT2D eigenvalue weighted by atomic mass is 9.76. The number of hydrogen-bond donors (Lipinski definition) is 2. The predicted molar refractivity (Wildman–Crippen MR) is 218 cm³/mol. The number of carbonyl (C=O) groups is 3. The number of hydrogen-bond acceptors (Lipinski definition) is 7. The van der Waals surface area contributed by atoms with E-state index in [1.165, 1.54) is 30.9 Å². The number of amidine groups is 1. The fourth-order valence-corrected chi connectivity index (χ4v) is 6.45. The van der Waals surface area contributed by atoms with Gasteiger partial charge < -0.3 is 14.8 Å². The largest absolute Gasteiger partial charge is 0.497 e. The van der Waals surface area contributed by atoms with Crippen molar-refractivity contribution in [3.8, 4) is 11.5 Å². The van der Waals surface area contributed by atoms with E-state index in [1.807, 2.05) is 6.07 Å². The van der Waals surface area contributed by atoms with Gasteiger partial charge in [0.1, 0.15) is 28.0 Å². The molecule has 3 amide bonds.